The highest BCUT2D eigenvalue weighted by Crippen LogP contribution is 2.19. The van der Waals surface area contributed by atoms with Gasteiger partial charge in [0.05, 0.1) is 31.2 Å². The standard InChI is InChI=1S/C21H26N4O4/c1-3-29-21(27)25-10-8-24(9-11-25)18-12-17(13-22-15-18)20(26)23-14-16-6-4-5-7-19(16)28-2/h4-7,12-13,15H,3,8-11,14H2,1-2H3,(H,23,26). The smallest absolute Gasteiger partial charge is 0.409 e. The number of carbonyl (C=O) groups excluding carboxylic acids is 2. The van der Waals surface area contributed by atoms with E-state index in [2.05, 4.69) is 15.2 Å². The number of pyridine rings is 1. The minimum absolute atomic E-state index is 0.199. The van der Waals surface area contributed by atoms with E-state index in [1.54, 1.807) is 31.3 Å². The van der Waals surface area contributed by atoms with Crippen molar-refractivity contribution < 1.29 is 19.1 Å². The monoisotopic (exact) mass is 398 g/mol. The maximum atomic E-state index is 12.6. The van der Waals surface area contributed by atoms with Gasteiger partial charge in [-0.2, -0.15) is 0 Å². The van der Waals surface area contributed by atoms with Crippen molar-refractivity contribution in [3.63, 3.8) is 0 Å². The van der Waals surface area contributed by atoms with E-state index in [1.807, 2.05) is 30.3 Å². The van der Waals surface area contributed by atoms with Gasteiger partial charge in [-0.05, 0) is 19.1 Å². The van der Waals surface area contributed by atoms with E-state index in [0.717, 1.165) is 17.0 Å². The molecule has 2 aromatic rings. The number of rotatable bonds is 6. The predicted octanol–water partition coefficient (Wildman–Crippen LogP) is 2.30. The second-order valence-corrected chi connectivity index (χ2v) is 6.60. The SMILES string of the molecule is CCOC(=O)N1CCN(c2cncc(C(=O)NCc3ccccc3OC)c2)CC1. The first kappa shape index (κ1) is 20.4. The second-order valence-electron chi connectivity index (χ2n) is 6.60. The first-order valence-electron chi connectivity index (χ1n) is 9.64. The number of hydrogen-bond donors (Lipinski definition) is 1. The van der Waals surface area contributed by atoms with E-state index in [9.17, 15) is 9.59 Å². The van der Waals surface area contributed by atoms with E-state index >= 15 is 0 Å². The topological polar surface area (TPSA) is 84.0 Å². The van der Waals surface area contributed by atoms with Crippen LogP contribution in [0, 0.1) is 0 Å². The van der Waals surface area contributed by atoms with E-state index in [1.165, 1.54) is 0 Å². The van der Waals surface area contributed by atoms with E-state index in [4.69, 9.17) is 9.47 Å². The Balaban J connectivity index is 1.59. The Morgan fingerprint density at radius 1 is 1.14 bits per heavy atom. The van der Waals surface area contributed by atoms with Gasteiger partial charge in [-0.25, -0.2) is 4.79 Å². The van der Waals surface area contributed by atoms with Gasteiger partial charge < -0.3 is 24.6 Å². The molecule has 1 aromatic heterocycles. The summed E-state index contributed by atoms with van der Waals surface area (Å²) in [6, 6.07) is 9.39. The molecule has 1 fully saturated rings. The number of amides is 2. The van der Waals surface area contributed by atoms with Crippen LogP contribution in [0.3, 0.4) is 0 Å². The quantitative estimate of drug-likeness (QED) is 0.804. The number of nitrogens with zero attached hydrogens (tertiary/aromatic N) is 3. The van der Waals surface area contributed by atoms with Gasteiger partial charge in [-0.15, -0.1) is 0 Å². The maximum Gasteiger partial charge on any atom is 0.409 e. The van der Waals surface area contributed by atoms with Gasteiger partial charge >= 0.3 is 6.09 Å². The van der Waals surface area contributed by atoms with Gasteiger partial charge in [-0.3, -0.25) is 9.78 Å². The molecule has 1 N–H and O–H groups in total. The molecule has 2 heterocycles. The number of para-hydroxylation sites is 1. The Kier molecular flexibility index (Phi) is 6.89. The highest BCUT2D eigenvalue weighted by Gasteiger charge is 2.22. The molecular formula is C21H26N4O4. The highest BCUT2D eigenvalue weighted by molar-refractivity contribution is 5.94. The zero-order valence-corrected chi connectivity index (χ0v) is 16.8. The molecule has 0 spiro atoms. The number of hydrogen-bond acceptors (Lipinski definition) is 6. The highest BCUT2D eigenvalue weighted by atomic mass is 16.6. The molecule has 1 aliphatic rings. The number of carbonyl (C=O) groups is 2. The summed E-state index contributed by atoms with van der Waals surface area (Å²) in [5.74, 6) is 0.537. The lowest BCUT2D eigenvalue weighted by atomic mass is 10.2. The number of ether oxygens (including phenoxy) is 2. The van der Waals surface area contributed by atoms with Gasteiger partial charge in [0.2, 0.25) is 0 Å². The Labute approximate surface area is 170 Å². The lowest BCUT2D eigenvalue weighted by Crippen LogP contribution is -2.49. The van der Waals surface area contributed by atoms with Crippen molar-refractivity contribution >= 4 is 17.7 Å². The lowest BCUT2D eigenvalue weighted by Gasteiger charge is -2.35. The third kappa shape index (κ3) is 5.16. The van der Waals surface area contributed by atoms with Crippen molar-refractivity contribution in [3.05, 3.63) is 53.9 Å². The summed E-state index contributed by atoms with van der Waals surface area (Å²) in [5.41, 5.74) is 2.26. The van der Waals surface area contributed by atoms with Crippen molar-refractivity contribution in [2.75, 3.05) is 44.8 Å². The van der Waals surface area contributed by atoms with Gasteiger partial charge in [0.25, 0.3) is 5.91 Å². The second kappa shape index (κ2) is 9.77. The fourth-order valence-corrected chi connectivity index (χ4v) is 3.21. The van der Waals surface area contributed by atoms with Crippen LogP contribution in [0.25, 0.3) is 0 Å². The van der Waals surface area contributed by atoms with E-state index in [0.29, 0.717) is 44.9 Å². The minimum Gasteiger partial charge on any atom is -0.496 e. The van der Waals surface area contributed by atoms with Crippen molar-refractivity contribution in [1.29, 1.82) is 0 Å². The average molecular weight is 398 g/mol. The number of nitrogens with one attached hydrogen (secondary N) is 1. The van der Waals surface area contributed by atoms with Crippen molar-refractivity contribution in [2.24, 2.45) is 0 Å². The van der Waals surface area contributed by atoms with Gasteiger partial charge in [-0.1, -0.05) is 18.2 Å². The zero-order chi connectivity index (χ0) is 20.6. The Morgan fingerprint density at radius 2 is 1.90 bits per heavy atom. The number of aromatic nitrogens is 1. The van der Waals surface area contributed by atoms with Gasteiger partial charge in [0, 0.05) is 44.5 Å². The van der Waals surface area contributed by atoms with Crippen LogP contribution in [-0.2, 0) is 11.3 Å². The molecular weight excluding hydrogens is 372 g/mol. The van der Waals surface area contributed by atoms with Crippen LogP contribution >= 0.6 is 0 Å². The summed E-state index contributed by atoms with van der Waals surface area (Å²) in [5, 5.41) is 2.91. The van der Waals surface area contributed by atoms with Gasteiger partial charge in [0.15, 0.2) is 0 Å². The first-order chi connectivity index (χ1) is 14.1. The molecule has 0 bridgehead atoms. The van der Waals surface area contributed by atoms with Crippen LogP contribution in [0.2, 0.25) is 0 Å². The largest absolute Gasteiger partial charge is 0.496 e. The molecule has 8 heteroatoms. The molecule has 0 saturated carbocycles. The Morgan fingerprint density at radius 3 is 2.62 bits per heavy atom. The molecule has 0 atom stereocenters. The third-order valence-electron chi connectivity index (χ3n) is 4.79. The number of anilines is 1. The molecule has 0 unspecified atom stereocenters. The van der Waals surface area contributed by atoms with Crippen LogP contribution in [0.15, 0.2) is 42.7 Å². The normalized spacial score (nSPS) is 13.7. The molecule has 0 aliphatic carbocycles. The van der Waals surface area contributed by atoms with E-state index < -0.39 is 0 Å². The fraction of sp³-hybridized carbons (Fsp3) is 0.381. The minimum atomic E-state index is -0.283. The maximum absolute atomic E-state index is 12.6. The van der Waals surface area contributed by atoms with Crippen LogP contribution in [0.5, 0.6) is 5.75 Å². The number of benzene rings is 1. The van der Waals surface area contributed by atoms with Crippen LogP contribution in [0.4, 0.5) is 10.5 Å². The van der Waals surface area contributed by atoms with Crippen LogP contribution < -0.4 is 15.0 Å². The first-order valence-corrected chi connectivity index (χ1v) is 9.64. The molecule has 2 amide bonds. The average Bonchev–Trinajstić information content (AvgIpc) is 2.78. The zero-order valence-electron chi connectivity index (χ0n) is 16.8. The molecule has 29 heavy (non-hydrogen) atoms. The molecule has 3 rings (SSSR count). The summed E-state index contributed by atoms with van der Waals surface area (Å²) in [6.07, 6.45) is 3.00. The van der Waals surface area contributed by atoms with Crippen molar-refractivity contribution in [1.82, 2.24) is 15.2 Å². The number of methoxy groups -OCH3 is 1. The lowest BCUT2D eigenvalue weighted by molar-refractivity contribution is 0.0950. The predicted molar refractivity (Wildman–Crippen MR) is 109 cm³/mol. The van der Waals surface area contributed by atoms with E-state index in [-0.39, 0.29) is 12.0 Å². The van der Waals surface area contributed by atoms with Gasteiger partial charge in [0.1, 0.15) is 5.75 Å². The molecule has 8 nitrogen and oxygen atoms in total. The summed E-state index contributed by atoms with van der Waals surface area (Å²) in [7, 11) is 1.61. The number of piperazine rings is 1. The molecule has 1 aliphatic heterocycles. The summed E-state index contributed by atoms with van der Waals surface area (Å²) in [4.78, 5) is 32.4. The van der Waals surface area contributed by atoms with Crippen molar-refractivity contribution in [3.8, 4) is 5.75 Å². The fourth-order valence-electron chi connectivity index (χ4n) is 3.21. The summed E-state index contributed by atoms with van der Waals surface area (Å²) < 4.78 is 10.4. The van der Waals surface area contributed by atoms with Crippen molar-refractivity contribution in [2.45, 2.75) is 13.5 Å². The van der Waals surface area contributed by atoms with Crippen LogP contribution in [0.1, 0.15) is 22.8 Å². The molecule has 0 radical (unpaired) electrons. The molecule has 1 aromatic carbocycles. The Hall–Kier alpha value is -3.29. The molecule has 1 saturated heterocycles. The Bertz CT molecular complexity index is 850. The third-order valence-corrected chi connectivity index (χ3v) is 4.79. The molecule has 154 valence electrons. The summed E-state index contributed by atoms with van der Waals surface area (Å²) in [6.45, 7) is 5.00. The summed E-state index contributed by atoms with van der Waals surface area (Å²) >= 11 is 0. The van der Waals surface area contributed by atoms with Crippen LogP contribution in [-0.4, -0.2) is 61.8 Å².